The molecule has 0 unspecified atom stereocenters. The Balaban J connectivity index is -0.000000132. The number of amides is 3. The zero-order valence-corrected chi connectivity index (χ0v) is 49.6. The fraction of sp³-hybridized carbons (Fsp3) is 0.720. The molecule has 2 fully saturated rings. The molecular weight excluding hydrogens is 905 g/mol. The number of likely N-dealkylation sites (N-methyl/N-ethyl adjacent to an activating group) is 1. The molecule has 2 saturated heterocycles. The van der Waals surface area contributed by atoms with E-state index >= 15 is 0 Å². The molecule has 0 aliphatic carbocycles. The zero-order valence-electron chi connectivity index (χ0n) is 49.6. The lowest BCUT2D eigenvalue weighted by atomic mass is 10.2. The number of ether oxygens (including phenoxy) is 1. The summed E-state index contributed by atoms with van der Waals surface area (Å²) in [5, 5.41) is 27.9. The molecule has 71 heavy (non-hydrogen) atoms. The van der Waals surface area contributed by atoms with E-state index in [4.69, 9.17) is 10.5 Å². The Morgan fingerprint density at radius 3 is 0.958 bits per heavy atom. The number of Topliss-reactive ketones (excluding diaryl/α,β-unsaturated/α-hetero) is 1. The molecule has 0 radical (unpaired) electrons. The number of nitrogens with zero attached hydrogens (tertiary/aromatic N) is 11. The Hall–Kier alpha value is -5.86. The van der Waals surface area contributed by atoms with Crippen LogP contribution in [0.1, 0.15) is 179 Å². The van der Waals surface area contributed by atoms with Crippen LogP contribution in [0.25, 0.3) is 0 Å². The predicted octanol–water partition coefficient (Wildman–Crippen LogP) is 8.63. The van der Waals surface area contributed by atoms with Gasteiger partial charge in [-0.3, -0.25) is 35.0 Å². The highest BCUT2D eigenvalue weighted by Gasteiger charge is 2.15. The molecule has 2 rings (SSSR count). The largest absolute Gasteiger partial charge is 0.443 e. The van der Waals surface area contributed by atoms with Crippen LogP contribution in [0.2, 0.25) is 0 Å². The molecule has 0 atom stereocenters. The van der Waals surface area contributed by atoms with Crippen LogP contribution in [0.15, 0.2) is 53.0 Å². The minimum absolute atomic E-state index is 0.133. The SMILES string of the molecule is C=C(N)NN=C(C)C.CC(=O)NN=C(C)C.CC(=O)NN=C(C)C.CC(C)=NN1CCCCC1.CC(C)=NN1CCN(C)CC1.CC(C)=NNC(=O)OC(C)(C)C.CC(C)=O.CN=C(C)C.CN=C(C)C. The van der Waals surface area contributed by atoms with Crippen molar-refractivity contribution < 1.29 is 23.9 Å². The summed E-state index contributed by atoms with van der Waals surface area (Å²) in [5.74, 6) is 0.267. The Kier molecular flexibility index (Phi) is 58.0. The third kappa shape index (κ3) is 103. The van der Waals surface area contributed by atoms with Crippen molar-refractivity contribution in [2.24, 2.45) is 46.3 Å². The van der Waals surface area contributed by atoms with E-state index in [1.807, 2.05) is 83.1 Å². The quantitative estimate of drug-likeness (QED) is 0.120. The van der Waals surface area contributed by atoms with Gasteiger partial charge in [-0.2, -0.15) is 30.6 Å². The van der Waals surface area contributed by atoms with E-state index in [1.165, 1.54) is 52.7 Å². The second-order valence-corrected chi connectivity index (χ2v) is 18.4. The van der Waals surface area contributed by atoms with E-state index in [-0.39, 0.29) is 17.6 Å². The summed E-state index contributed by atoms with van der Waals surface area (Å²) in [6.07, 6.45) is 3.49. The van der Waals surface area contributed by atoms with Gasteiger partial charge in [0.05, 0.1) is 0 Å². The molecule has 2 aliphatic heterocycles. The van der Waals surface area contributed by atoms with Gasteiger partial charge in [-0.1, -0.05) is 6.58 Å². The zero-order chi connectivity index (χ0) is 57.3. The van der Waals surface area contributed by atoms with Gasteiger partial charge >= 0.3 is 6.09 Å². The van der Waals surface area contributed by atoms with Gasteiger partial charge in [-0.15, -0.1) is 0 Å². The maximum atomic E-state index is 10.9. The van der Waals surface area contributed by atoms with Gasteiger partial charge in [0, 0.05) is 113 Å². The van der Waals surface area contributed by atoms with Crippen LogP contribution < -0.4 is 27.4 Å². The molecule has 21 heteroatoms. The number of nitrogens with two attached hydrogens (primary N) is 1. The number of nitrogens with one attached hydrogen (secondary N) is 4. The van der Waals surface area contributed by atoms with E-state index in [0.717, 1.165) is 79.3 Å². The average Bonchev–Trinajstić information content (AvgIpc) is 3.22. The molecule has 2 aliphatic rings. The minimum atomic E-state index is -0.524. The van der Waals surface area contributed by atoms with Gasteiger partial charge in [-0.05, 0) is 172 Å². The monoisotopic (exact) mass is 1010 g/mol. The first kappa shape index (κ1) is 79.3. The summed E-state index contributed by atoms with van der Waals surface area (Å²) in [4.78, 5) is 50.6. The molecular formula is C50H104N16O5. The van der Waals surface area contributed by atoms with Crippen LogP contribution in [0.3, 0.4) is 0 Å². The summed E-state index contributed by atoms with van der Waals surface area (Å²) in [7, 11) is 5.73. The summed E-state index contributed by atoms with van der Waals surface area (Å²) < 4.78 is 4.93. The van der Waals surface area contributed by atoms with Gasteiger partial charge in [0.1, 0.15) is 17.2 Å². The van der Waals surface area contributed by atoms with Crippen LogP contribution in [-0.4, -0.2) is 150 Å². The van der Waals surface area contributed by atoms with Gasteiger partial charge in [0.25, 0.3) is 0 Å². The predicted molar refractivity (Wildman–Crippen MR) is 306 cm³/mol. The Labute approximate surface area is 432 Å². The number of carbonyl (C=O) groups excluding carboxylic acids is 4. The number of hydrogen-bond acceptors (Lipinski definition) is 18. The lowest BCUT2D eigenvalue weighted by molar-refractivity contribution is -0.119. The maximum absolute atomic E-state index is 10.9. The van der Waals surface area contributed by atoms with Crippen LogP contribution >= 0.6 is 0 Å². The number of ketones is 1. The number of rotatable bonds is 7. The maximum Gasteiger partial charge on any atom is 0.428 e. The summed E-state index contributed by atoms with van der Waals surface area (Å²) in [6, 6.07) is 0. The first-order valence-corrected chi connectivity index (χ1v) is 23.7. The lowest BCUT2D eigenvalue weighted by Crippen LogP contribution is -2.42. The summed E-state index contributed by atoms with van der Waals surface area (Å²) >= 11 is 0. The molecule has 0 aromatic rings. The highest BCUT2D eigenvalue weighted by Crippen LogP contribution is 2.08. The third-order valence-corrected chi connectivity index (χ3v) is 6.46. The van der Waals surface area contributed by atoms with Crippen molar-refractivity contribution in [3.8, 4) is 0 Å². The van der Waals surface area contributed by atoms with Gasteiger partial charge in [0.2, 0.25) is 11.8 Å². The minimum Gasteiger partial charge on any atom is -0.443 e. The standard InChI is InChI=1S/C8H17N3.C8H16N2O2.C8H16N2.C5H11N3.2C5H10N2O.2C4H9N.C3H6O/c1-8(2)9-11-6-4-10(3)5-7-11;1-6(2)9-10-7(11)12-8(3,4)5;1-8(2)9-10-6-4-3-5-7-10;1-4(2)7-8-5(3)6;2*1-4(2)6-7-5(3)8;2*1-4(2)5-3;1-3(2)4/h4-7H2,1-3H3;1-5H3,(H,10,11);3-7H2,1-2H3;8H,3,6H2,1-2H3;2*1-3H3,(H,7,8);2*1-3H3;1-2H3. The van der Waals surface area contributed by atoms with Crippen LogP contribution in [0, 0.1) is 0 Å². The van der Waals surface area contributed by atoms with Gasteiger partial charge < -0.3 is 20.2 Å². The van der Waals surface area contributed by atoms with Crippen molar-refractivity contribution in [2.75, 3.05) is 60.4 Å². The molecule has 6 N–H and O–H groups in total. The lowest BCUT2D eigenvalue weighted by Gasteiger charge is -2.30. The molecule has 3 amide bonds. The fourth-order valence-corrected chi connectivity index (χ4v) is 3.46. The van der Waals surface area contributed by atoms with Crippen LogP contribution in [0.4, 0.5) is 4.79 Å². The molecule has 2 heterocycles. The van der Waals surface area contributed by atoms with Crippen molar-refractivity contribution in [1.82, 2.24) is 36.6 Å². The second kappa shape index (κ2) is 52.0. The van der Waals surface area contributed by atoms with Crippen LogP contribution in [0.5, 0.6) is 0 Å². The molecule has 0 bridgehead atoms. The first-order chi connectivity index (χ1) is 32.4. The number of hydrogen-bond donors (Lipinski definition) is 5. The van der Waals surface area contributed by atoms with E-state index < -0.39 is 11.7 Å². The molecule has 0 saturated carbocycles. The van der Waals surface area contributed by atoms with Crippen molar-refractivity contribution in [1.29, 1.82) is 0 Å². The highest BCUT2D eigenvalue weighted by atomic mass is 16.6. The second-order valence-electron chi connectivity index (χ2n) is 18.4. The summed E-state index contributed by atoms with van der Waals surface area (Å²) in [6.45, 7) is 52.1. The topological polar surface area (TPSA) is 260 Å². The number of carbonyl (C=O) groups is 4. The van der Waals surface area contributed by atoms with Crippen molar-refractivity contribution >= 4 is 69.4 Å². The number of piperidine rings is 1. The molecule has 21 nitrogen and oxygen atoms in total. The average molecular weight is 1010 g/mol. The van der Waals surface area contributed by atoms with Gasteiger partial charge in [0.15, 0.2) is 0 Å². The van der Waals surface area contributed by atoms with Crippen molar-refractivity contribution in [2.45, 2.75) is 184 Å². The molecule has 414 valence electrons. The van der Waals surface area contributed by atoms with E-state index in [2.05, 4.69) is 105 Å². The fourth-order valence-electron chi connectivity index (χ4n) is 3.46. The van der Waals surface area contributed by atoms with Crippen LogP contribution in [-0.2, 0) is 19.1 Å². The normalized spacial score (nSPS) is 11.5. The number of piperazine rings is 1. The van der Waals surface area contributed by atoms with E-state index in [0.29, 0.717) is 5.82 Å². The van der Waals surface area contributed by atoms with Gasteiger partial charge in [-0.25, -0.2) is 21.1 Å². The first-order valence-electron chi connectivity index (χ1n) is 23.7. The molecule has 0 aromatic heterocycles. The van der Waals surface area contributed by atoms with E-state index in [1.54, 1.807) is 48.7 Å². The Bertz CT molecular complexity index is 1570. The highest BCUT2D eigenvalue weighted by molar-refractivity contribution is 5.83. The van der Waals surface area contributed by atoms with E-state index in [9.17, 15) is 19.2 Å². The van der Waals surface area contributed by atoms with Crippen molar-refractivity contribution in [3.63, 3.8) is 0 Å². The summed E-state index contributed by atoms with van der Waals surface area (Å²) in [5.41, 5.74) is 22.0. The third-order valence-electron chi connectivity index (χ3n) is 6.46. The molecule has 0 spiro atoms. The number of aliphatic imine (C=N–C) groups is 2. The Morgan fingerprint density at radius 1 is 0.465 bits per heavy atom. The smallest absolute Gasteiger partial charge is 0.428 e. The van der Waals surface area contributed by atoms with Crippen molar-refractivity contribution in [3.05, 3.63) is 12.4 Å². The number of hydrazone groups is 6. The Morgan fingerprint density at radius 2 is 0.746 bits per heavy atom. The molecule has 0 aromatic carbocycles.